The highest BCUT2D eigenvalue weighted by Crippen LogP contribution is 2.16. The first kappa shape index (κ1) is 10.5. The molecule has 1 aromatic heterocycles. The molecular weight excluding hydrogens is 188 g/mol. The molecule has 4 N–H and O–H groups in total. The smallest absolute Gasteiger partial charge is 0.323 e. The Hall–Kier alpha value is -1.56. The average molecular weight is 200 g/mol. The molecule has 0 aliphatic heterocycles. The number of imidazole rings is 1. The summed E-state index contributed by atoms with van der Waals surface area (Å²) in [5, 5.41) is 17.9. The van der Waals surface area contributed by atoms with Crippen LogP contribution in [0.4, 0.5) is 0 Å². The van der Waals surface area contributed by atoms with Gasteiger partial charge in [0.25, 0.3) is 0 Å². The molecule has 6 nitrogen and oxygen atoms in total. The van der Waals surface area contributed by atoms with Crippen molar-refractivity contribution in [3.05, 3.63) is 21.9 Å². The highest BCUT2D eigenvalue weighted by atomic mass is 16.4. The molecule has 0 aliphatic carbocycles. The fourth-order valence-corrected chi connectivity index (χ4v) is 1.22. The fourth-order valence-electron chi connectivity index (χ4n) is 1.22. The lowest BCUT2D eigenvalue weighted by Gasteiger charge is -2.07. The van der Waals surface area contributed by atoms with Crippen LogP contribution in [0.2, 0.25) is 0 Å². The van der Waals surface area contributed by atoms with Crippen molar-refractivity contribution in [2.45, 2.75) is 25.9 Å². The third-order valence-corrected chi connectivity index (χ3v) is 1.92. The molecule has 14 heavy (non-hydrogen) atoms. The second-order valence-electron chi connectivity index (χ2n) is 3.07. The first-order valence-corrected chi connectivity index (χ1v) is 4.19. The Balaban J connectivity index is 2.69. The van der Waals surface area contributed by atoms with E-state index in [1.807, 2.05) is 0 Å². The normalized spacial score (nSPS) is 12.7. The number of aliphatic hydroxyl groups is 1. The van der Waals surface area contributed by atoms with E-state index in [0.717, 1.165) is 0 Å². The number of aromatic nitrogens is 2. The van der Waals surface area contributed by atoms with Crippen LogP contribution in [0.1, 0.15) is 30.3 Å². The second kappa shape index (κ2) is 4.10. The molecule has 1 rings (SSSR count). The van der Waals surface area contributed by atoms with Gasteiger partial charge in [-0.25, -0.2) is 4.79 Å². The van der Waals surface area contributed by atoms with E-state index in [1.54, 1.807) is 6.92 Å². The van der Waals surface area contributed by atoms with Crippen molar-refractivity contribution in [3.63, 3.8) is 0 Å². The summed E-state index contributed by atoms with van der Waals surface area (Å²) in [7, 11) is 0. The summed E-state index contributed by atoms with van der Waals surface area (Å²) in [6.07, 6.45) is -0.984. The molecular formula is C8H12N2O4. The molecule has 78 valence electrons. The van der Waals surface area contributed by atoms with Crippen molar-refractivity contribution < 1.29 is 15.0 Å². The first-order valence-electron chi connectivity index (χ1n) is 4.19. The minimum atomic E-state index is -0.973. The molecule has 1 atom stereocenters. The number of carboxylic acids is 1. The van der Waals surface area contributed by atoms with Crippen molar-refractivity contribution in [1.29, 1.82) is 0 Å². The number of hydrogen-bond donors (Lipinski definition) is 4. The number of aliphatic carboxylic acids is 1. The van der Waals surface area contributed by atoms with Crippen LogP contribution < -0.4 is 5.69 Å². The Morgan fingerprint density at radius 1 is 1.50 bits per heavy atom. The van der Waals surface area contributed by atoms with Crippen LogP contribution in [0, 0.1) is 6.92 Å². The van der Waals surface area contributed by atoms with Crippen molar-refractivity contribution in [1.82, 2.24) is 9.97 Å². The van der Waals surface area contributed by atoms with E-state index in [-0.39, 0.29) is 12.8 Å². The zero-order valence-corrected chi connectivity index (χ0v) is 7.70. The number of carboxylic acid groups (broad SMARTS) is 1. The summed E-state index contributed by atoms with van der Waals surface area (Å²) in [4.78, 5) is 25.9. The van der Waals surface area contributed by atoms with Crippen LogP contribution in [0.25, 0.3) is 0 Å². The fraction of sp³-hybridized carbons (Fsp3) is 0.500. The van der Waals surface area contributed by atoms with Crippen LogP contribution in [0.15, 0.2) is 4.79 Å². The molecule has 0 amide bonds. The number of H-pyrrole nitrogens is 2. The lowest BCUT2D eigenvalue weighted by Crippen LogP contribution is -2.06. The minimum Gasteiger partial charge on any atom is -0.481 e. The van der Waals surface area contributed by atoms with E-state index < -0.39 is 17.8 Å². The summed E-state index contributed by atoms with van der Waals surface area (Å²) < 4.78 is 0. The predicted octanol–water partition coefficient (Wildman–Crippen LogP) is -0.0904. The predicted molar refractivity (Wildman–Crippen MR) is 48.0 cm³/mol. The zero-order chi connectivity index (χ0) is 10.7. The molecule has 0 spiro atoms. The van der Waals surface area contributed by atoms with Gasteiger partial charge in [-0.3, -0.25) is 4.79 Å². The Labute approximate surface area is 79.6 Å². The quantitative estimate of drug-likeness (QED) is 0.544. The van der Waals surface area contributed by atoms with E-state index in [1.165, 1.54) is 0 Å². The van der Waals surface area contributed by atoms with Gasteiger partial charge < -0.3 is 20.2 Å². The molecule has 0 aliphatic rings. The Morgan fingerprint density at radius 3 is 2.57 bits per heavy atom. The first-order chi connectivity index (χ1) is 6.50. The standard InChI is InChI=1S/C8H12N2O4/c1-4-7(10-8(14)9-4)5(11)2-3-6(12)13/h5,11H,2-3H2,1H3,(H,12,13)(H2,9,10,14). The lowest BCUT2D eigenvalue weighted by atomic mass is 10.1. The van der Waals surface area contributed by atoms with Crippen molar-refractivity contribution in [3.8, 4) is 0 Å². The largest absolute Gasteiger partial charge is 0.481 e. The van der Waals surface area contributed by atoms with Crippen LogP contribution in [0.3, 0.4) is 0 Å². The minimum absolute atomic E-state index is 0.0873. The number of aryl methyl sites for hydroxylation is 1. The topological polar surface area (TPSA) is 106 Å². The van der Waals surface area contributed by atoms with Gasteiger partial charge in [-0.05, 0) is 13.3 Å². The van der Waals surface area contributed by atoms with Gasteiger partial charge >= 0.3 is 11.7 Å². The molecule has 1 heterocycles. The van der Waals surface area contributed by atoms with E-state index in [2.05, 4.69) is 9.97 Å². The number of nitrogens with one attached hydrogen (secondary N) is 2. The second-order valence-corrected chi connectivity index (χ2v) is 3.07. The molecule has 1 unspecified atom stereocenters. The maximum atomic E-state index is 10.8. The third-order valence-electron chi connectivity index (χ3n) is 1.92. The summed E-state index contributed by atoms with van der Waals surface area (Å²) >= 11 is 0. The third kappa shape index (κ3) is 2.46. The molecule has 1 aromatic rings. The lowest BCUT2D eigenvalue weighted by molar-refractivity contribution is -0.137. The van der Waals surface area contributed by atoms with Gasteiger partial charge in [0.1, 0.15) is 0 Å². The summed E-state index contributed by atoms with van der Waals surface area (Å²) in [6, 6.07) is 0. The van der Waals surface area contributed by atoms with E-state index in [0.29, 0.717) is 11.4 Å². The SMILES string of the molecule is Cc1[nH]c(=O)[nH]c1C(O)CCC(=O)O. The van der Waals surface area contributed by atoms with Crippen molar-refractivity contribution >= 4 is 5.97 Å². The number of rotatable bonds is 4. The van der Waals surface area contributed by atoms with Crippen LogP contribution in [-0.4, -0.2) is 26.2 Å². The van der Waals surface area contributed by atoms with Gasteiger partial charge in [0.15, 0.2) is 0 Å². The van der Waals surface area contributed by atoms with Crippen molar-refractivity contribution in [2.24, 2.45) is 0 Å². The van der Waals surface area contributed by atoms with Crippen LogP contribution in [0.5, 0.6) is 0 Å². The van der Waals surface area contributed by atoms with Crippen LogP contribution in [-0.2, 0) is 4.79 Å². The number of hydrogen-bond acceptors (Lipinski definition) is 3. The highest BCUT2D eigenvalue weighted by Gasteiger charge is 2.14. The van der Waals surface area contributed by atoms with Gasteiger partial charge in [0.2, 0.25) is 0 Å². The van der Waals surface area contributed by atoms with Crippen LogP contribution >= 0.6 is 0 Å². The number of carbonyl (C=O) groups is 1. The van der Waals surface area contributed by atoms with Gasteiger partial charge in [-0.2, -0.15) is 0 Å². The maximum Gasteiger partial charge on any atom is 0.323 e. The molecule has 0 saturated heterocycles. The Kier molecular flexibility index (Phi) is 3.08. The van der Waals surface area contributed by atoms with Gasteiger partial charge in [-0.1, -0.05) is 0 Å². The monoisotopic (exact) mass is 200 g/mol. The van der Waals surface area contributed by atoms with E-state index >= 15 is 0 Å². The van der Waals surface area contributed by atoms with Gasteiger partial charge in [-0.15, -0.1) is 0 Å². The average Bonchev–Trinajstić information content (AvgIpc) is 2.41. The molecule has 0 fully saturated rings. The summed E-state index contributed by atoms with van der Waals surface area (Å²) in [5.41, 5.74) is 0.496. The Morgan fingerprint density at radius 2 is 2.14 bits per heavy atom. The molecule has 0 aromatic carbocycles. The Bertz CT molecular complexity index is 379. The van der Waals surface area contributed by atoms with E-state index in [4.69, 9.17) is 5.11 Å². The number of aliphatic hydroxyl groups excluding tert-OH is 1. The number of aromatic amines is 2. The molecule has 0 saturated carbocycles. The van der Waals surface area contributed by atoms with Gasteiger partial charge in [0, 0.05) is 12.1 Å². The van der Waals surface area contributed by atoms with Crippen molar-refractivity contribution in [2.75, 3.05) is 0 Å². The van der Waals surface area contributed by atoms with Gasteiger partial charge in [0.05, 0.1) is 11.8 Å². The van der Waals surface area contributed by atoms with E-state index in [9.17, 15) is 14.7 Å². The zero-order valence-electron chi connectivity index (χ0n) is 7.70. The highest BCUT2D eigenvalue weighted by molar-refractivity contribution is 5.66. The summed E-state index contributed by atoms with van der Waals surface area (Å²) in [6.45, 7) is 1.64. The maximum absolute atomic E-state index is 10.8. The molecule has 0 bridgehead atoms. The molecule has 0 radical (unpaired) electrons. The molecule has 6 heteroatoms. The summed E-state index contributed by atoms with van der Waals surface area (Å²) in [5.74, 6) is -0.973.